The predicted octanol–water partition coefficient (Wildman–Crippen LogP) is 4.72. The molecule has 0 heterocycles. The van der Waals surface area contributed by atoms with E-state index in [-0.39, 0.29) is 17.0 Å². The fraction of sp³-hybridized carbons (Fsp3) is 0.333. The highest BCUT2D eigenvalue weighted by Gasteiger charge is 2.28. The van der Waals surface area contributed by atoms with Crippen molar-refractivity contribution in [2.45, 2.75) is 44.4 Å². The van der Waals surface area contributed by atoms with Crippen LogP contribution in [0.2, 0.25) is 0 Å². The molecule has 0 unspecified atom stereocenters. The van der Waals surface area contributed by atoms with Gasteiger partial charge in [-0.25, -0.2) is 9.59 Å². The van der Waals surface area contributed by atoms with Crippen LogP contribution in [0, 0.1) is 0 Å². The van der Waals surface area contributed by atoms with Crippen molar-refractivity contribution in [3.05, 3.63) is 70.3 Å². The van der Waals surface area contributed by atoms with Crippen LogP contribution in [-0.2, 0) is 6.42 Å². The summed E-state index contributed by atoms with van der Waals surface area (Å²) >= 11 is 0. The van der Waals surface area contributed by atoms with E-state index in [2.05, 4.69) is 0 Å². The molecule has 2 aromatic carbocycles. The molecule has 1 aliphatic rings. The first-order valence-electron chi connectivity index (χ1n) is 8.74. The highest BCUT2D eigenvalue weighted by atomic mass is 16.4. The van der Waals surface area contributed by atoms with E-state index in [1.807, 2.05) is 30.3 Å². The van der Waals surface area contributed by atoms with Gasteiger partial charge in [-0.1, -0.05) is 55.7 Å². The van der Waals surface area contributed by atoms with Crippen molar-refractivity contribution in [3.8, 4) is 0 Å². The van der Waals surface area contributed by atoms with E-state index < -0.39 is 11.9 Å². The van der Waals surface area contributed by atoms with Gasteiger partial charge >= 0.3 is 11.9 Å². The van der Waals surface area contributed by atoms with Crippen molar-refractivity contribution in [1.29, 1.82) is 0 Å². The molecule has 130 valence electrons. The van der Waals surface area contributed by atoms with Crippen molar-refractivity contribution >= 4 is 11.9 Å². The Balaban J connectivity index is 2.14. The number of hydrogen-bond donors (Lipinski definition) is 2. The van der Waals surface area contributed by atoms with Gasteiger partial charge in [-0.3, -0.25) is 0 Å². The summed E-state index contributed by atoms with van der Waals surface area (Å²) in [7, 11) is 0. The summed E-state index contributed by atoms with van der Waals surface area (Å²) in [5.41, 5.74) is 2.63. The number of benzene rings is 2. The Bertz CT molecular complexity index is 774. The molecule has 0 amide bonds. The Labute approximate surface area is 147 Å². The zero-order chi connectivity index (χ0) is 17.8. The Kier molecular flexibility index (Phi) is 5.17. The topological polar surface area (TPSA) is 74.6 Å². The van der Waals surface area contributed by atoms with Crippen molar-refractivity contribution in [2.75, 3.05) is 0 Å². The van der Waals surface area contributed by atoms with Gasteiger partial charge in [0.05, 0.1) is 11.1 Å². The van der Waals surface area contributed by atoms with Crippen LogP contribution in [0.25, 0.3) is 0 Å². The first-order valence-corrected chi connectivity index (χ1v) is 8.74. The van der Waals surface area contributed by atoms with Crippen LogP contribution in [0.4, 0.5) is 0 Å². The van der Waals surface area contributed by atoms with Gasteiger partial charge in [0.25, 0.3) is 0 Å². The Morgan fingerprint density at radius 2 is 1.56 bits per heavy atom. The molecule has 0 spiro atoms. The van der Waals surface area contributed by atoms with Gasteiger partial charge in [-0.05, 0) is 47.9 Å². The van der Waals surface area contributed by atoms with Crippen LogP contribution in [0.15, 0.2) is 42.5 Å². The lowest BCUT2D eigenvalue weighted by Crippen LogP contribution is -2.18. The second kappa shape index (κ2) is 7.51. The molecule has 0 saturated heterocycles. The Morgan fingerprint density at radius 3 is 2.16 bits per heavy atom. The molecule has 1 aliphatic carbocycles. The summed E-state index contributed by atoms with van der Waals surface area (Å²) in [6.45, 7) is 0. The molecule has 4 heteroatoms. The molecule has 4 nitrogen and oxygen atoms in total. The van der Waals surface area contributed by atoms with Crippen LogP contribution >= 0.6 is 0 Å². The lowest BCUT2D eigenvalue weighted by molar-refractivity contribution is 0.0649. The average Bonchev–Trinajstić information content (AvgIpc) is 2.62. The van der Waals surface area contributed by atoms with E-state index in [1.165, 1.54) is 6.07 Å². The predicted molar refractivity (Wildman–Crippen MR) is 95.4 cm³/mol. The van der Waals surface area contributed by atoms with Crippen molar-refractivity contribution < 1.29 is 19.8 Å². The molecular weight excluding hydrogens is 316 g/mol. The summed E-state index contributed by atoms with van der Waals surface area (Å²) in [6.07, 6.45) is 5.74. The lowest BCUT2D eigenvalue weighted by atomic mass is 9.77. The number of carbonyl (C=O) groups is 2. The molecule has 0 radical (unpaired) electrons. The largest absolute Gasteiger partial charge is 0.478 e. The average molecular weight is 338 g/mol. The number of carboxylic acids is 2. The summed E-state index contributed by atoms with van der Waals surface area (Å²) < 4.78 is 0. The lowest BCUT2D eigenvalue weighted by Gasteiger charge is -2.27. The smallest absolute Gasteiger partial charge is 0.336 e. The normalized spacial score (nSPS) is 15.0. The molecule has 1 fully saturated rings. The molecule has 3 rings (SSSR count). The Hall–Kier alpha value is -2.62. The number of hydrogen-bond acceptors (Lipinski definition) is 2. The first-order chi connectivity index (χ1) is 12.1. The number of carboxylic acid groups (broad SMARTS) is 2. The van der Waals surface area contributed by atoms with Crippen LogP contribution < -0.4 is 0 Å². The van der Waals surface area contributed by atoms with E-state index in [0.29, 0.717) is 6.42 Å². The van der Waals surface area contributed by atoms with Crippen LogP contribution in [0.1, 0.15) is 75.4 Å². The molecule has 0 bridgehead atoms. The molecule has 1 saturated carbocycles. The monoisotopic (exact) mass is 338 g/mol. The van der Waals surface area contributed by atoms with E-state index in [1.54, 1.807) is 6.07 Å². The standard InChI is InChI=1S/C21H22O4/c22-20(23)17-12-11-16(13-14-7-3-1-4-8-14)18(19(17)21(24)25)15-9-5-2-6-10-15/h1,3-4,7-8,11-12,15H,2,5-6,9-10,13H2,(H,22,23)(H,24,25). The van der Waals surface area contributed by atoms with E-state index >= 15 is 0 Å². The van der Waals surface area contributed by atoms with Crippen molar-refractivity contribution in [3.63, 3.8) is 0 Å². The molecule has 2 aromatic rings. The SMILES string of the molecule is O=C(O)c1ccc(Cc2ccccc2)c(C2CCCCC2)c1C(=O)O. The van der Waals surface area contributed by atoms with Crippen LogP contribution in [0.5, 0.6) is 0 Å². The minimum absolute atomic E-state index is 0.0205. The minimum atomic E-state index is -1.18. The van der Waals surface area contributed by atoms with E-state index in [9.17, 15) is 19.8 Å². The highest BCUT2D eigenvalue weighted by Crippen LogP contribution is 2.38. The van der Waals surface area contributed by atoms with Gasteiger partial charge in [0.1, 0.15) is 0 Å². The quantitative estimate of drug-likeness (QED) is 0.827. The molecule has 0 aromatic heterocycles. The van der Waals surface area contributed by atoms with Crippen LogP contribution in [-0.4, -0.2) is 22.2 Å². The molecule has 2 N–H and O–H groups in total. The molecule has 0 aliphatic heterocycles. The zero-order valence-electron chi connectivity index (χ0n) is 14.1. The van der Waals surface area contributed by atoms with Gasteiger partial charge < -0.3 is 10.2 Å². The van der Waals surface area contributed by atoms with Gasteiger partial charge in [0, 0.05) is 0 Å². The van der Waals surface area contributed by atoms with E-state index in [4.69, 9.17) is 0 Å². The summed E-state index contributed by atoms with van der Waals surface area (Å²) in [6, 6.07) is 13.1. The molecular formula is C21H22O4. The van der Waals surface area contributed by atoms with Crippen molar-refractivity contribution in [2.24, 2.45) is 0 Å². The fourth-order valence-electron chi connectivity index (χ4n) is 3.90. The number of rotatable bonds is 5. The third-order valence-electron chi connectivity index (χ3n) is 5.03. The maximum Gasteiger partial charge on any atom is 0.336 e. The first kappa shape index (κ1) is 17.2. The summed E-state index contributed by atoms with van der Waals surface area (Å²) in [5.74, 6) is -2.20. The van der Waals surface area contributed by atoms with Gasteiger partial charge in [0.15, 0.2) is 0 Å². The highest BCUT2D eigenvalue weighted by molar-refractivity contribution is 6.03. The Morgan fingerprint density at radius 1 is 0.880 bits per heavy atom. The van der Waals surface area contributed by atoms with E-state index in [0.717, 1.165) is 48.8 Å². The molecule has 0 atom stereocenters. The minimum Gasteiger partial charge on any atom is -0.478 e. The van der Waals surface area contributed by atoms with Gasteiger partial charge in [-0.15, -0.1) is 0 Å². The fourth-order valence-corrected chi connectivity index (χ4v) is 3.90. The molecule has 25 heavy (non-hydrogen) atoms. The third-order valence-corrected chi connectivity index (χ3v) is 5.03. The summed E-state index contributed by atoms with van der Waals surface area (Å²) in [4.78, 5) is 23.5. The second-order valence-corrected chi connectivity index (χ2v) is 6.67. The third kappa shape index (κ3) is 3.73. The van der Waals surface area contributed by atoms with Gasteiger partial charge in [0.2, 0.25) is 0 Å². The maximum atomic E-state index is 11.9. The van der Waals surface area contributed by atoms with Crippen LogP contribution in [0.3, 0.4) is 0 Å². The summed E-state index contributed by atoms with van der Waals surface area (Å²) in [5, 5.41) is 19.2. The zero-order valence-corrected chi connectivity index (χ0v) is 14.1. The number of aromatic carboxylic acids is 2. The van der Waals surface area contributed by atoms with Gasteiger partial charge in [-0.2, -0.15) is 0 Å². The second-order valence-electron chi connectivity index (χ2n) is 6.67. The maximum absolute atomic E-state index is 11.9. The van der Waals surface area contributed by atoms with Crippen molar-refractivity contribution in [1.82, 2.24) is 0 Å².